The number of aryl methyl sites for hydroxylation is 1. The minimum absolute atomic E-state index is 0.0243. The molecule has 11 nitrogen and oxygen atoms in total. The Balaban J connectivity index is 1.35. The molecule has 1 amide bonds. The highest BCUT2D eigenvalue weighted by Crippen LogP contribution is 2.33. The van der Waals surface area contributed by atoms with Gasteiger partial charge in [-0.25, -0.2) is 26.9 Å². The van der Waals surface area contributed by atoms with Crippen LogP contribution in [-0.4, -0.2) is 50.5 Å². The molecule has 6 rings (SSSR count). The highest BCUT2D eigenvalue weighted by molar-refractivity contribution is 7.89. The van der Waals surface area contributed by atoms with Crippen LogP contribution in [0.25, 0.3) is 10.8 Å². The summed E-state index contributed by atoms with van der Waals surface area (Å²) in [5.41, 5.74) is -0.0523. The summed E-state index contributed by atoms with van der Waals surface area (Å²) in [6.07, 6.45) is 10.9. The maximum atomic E-state index is 14.2. The Kier molecular flexibility index (Phi) is 7.77. The first-order valence-electron chi connectivity index (χ1n) is 14.3. The van der Waals surface area contributed by atoms with Crippen molar-refractivity contribution in [2.75, 3.05) is 11.4 Å². The lowest BCUT2D eigenvalue weighted by molar-refractivity contribution is -0.125. The van der Waals surface area contributed by atoms with Gasteiger partial charge in [0.2, 0.25) is 15.9 Å². The van der Waals surface area contributed by atoms with Crippen molar-refractivity contribution >= 4 is 32.4 Å². The number of hydrogen-bond acceptors (Lipinski definition) is 7. The molecule has 2 fully saturated rings. The molecule has 0 spiro atoms. The highest BCUT2D eigenvalue weighted by Gasteiger charge is 2.45. The predicted octanol–water partition coefficient (Wildman–Crippen LogP) is 3.78. The van der Waals surface area contributed by atoms with E-state index in [-0.39, 0.29) is 25.1 Å². The smallest absolute Gasteiger partial charge is 0.274 e. The van der Waals surface area contributed by atoms with Gasteiger partial charge in [-0.2, -0.15) is 14.7 Å². The average molecular weight is 622 g/mol. The van der Waals surface area contributed by atoms with Crippen molar-refractivity contribution < 1.29 is 22.0 Å². The summed E-state index contributed by atoms with van der Waals surface area (Å²) in [5.74, 6) is -3.47. The molecule has 228 valence electrons. The van der Waals surface area contributed by atoms with Crippen molar-refractivity contribution in [3.8, 4) is 6.07 Å². The predicted molar refractivity (Wildman–Crippen MR) is 156 cm³/mol. The van der Waals surface area contributed by atoms with Crippen LogP contribution in [0.15, 0.2) is 58.7 Å². The van der Waals surface area contributed by atoms with Crippen LogP contribution >= 0.6 is 0 Å². The third kappa shape index (κ3) is 5.26. The van der Waals surface area contributed by atoms with E-state index in [1.165, 1.54) is 35.3 Å². The summed E-state index contributed by atoms with van der Waals surface area (Å²) in [6, 6.07) is 6.77. The van der Waals surface area contributed by atoms with E-state index < -0.39 is 44.1 Å². The molecule has 14 heteroatoms. The van der Waals surface area contributed by atoms with Crippen LogP contribution in [0, 0.1) is 23.0 Å². The van der Waals surface area contributed by atoms with Crippen LogP contribution in [0.4, 0.5) is 14.5 Å². The van der Waals surface area contributed by atoms with Gasteiger partial charge in [0.25, 0.3) is 5.56 Å². The van der Waals surface area contributed by atoms with E-state index in [0.29, 0.717) is 34.3 Å². The molecule has 2 aromatic heterocycles. The van der Waals surface area contributed by atoms with E-state index in [1.807, 2.05) is 6.20 Å². The number of benzene rings is 2. The van der Waals surface area contributed by atoms with Gasteiger partial charge in [0.05, 0.1) is 40.6 Å². The zero-order chi connectivity index (χ0) is 31.2. The lowest BCUT2D eigenvalue weighted by Gasteiger charge is -2.41. The number of imidazole rings is 1. The van der Waals surface area contributed by atoms with Crippen LogP contribution in [0.5, 0.6) is 0 Å². The van der Waals surface area contributed by atoms with E-state index in [0.717, 1.165) is 36.1 Å². The molecule has 1 saturated carbocycles. The van der Waals surface area contributed by atoms with Gasteiger partial charge >= 0.3 is 0 Å². The lowest BCUT2D eigenvalue weighted by Crippen LogP contribution is -2.59. The van der Waals surface area contributed by atoms with E-state index in [1.54, 1.807) is 24.5 Å². The van der Waals surface area contributed by atoms with Crippen LogP contribution in [-0.2, 0) is 28.4 Å². The zero-order valence-corrected chi connectivity index (χ0v) is 24.7. The second-order valence-corrected chi connectivity index (χ2v) is 13.1. The molecule has 44 heavy (non-hydrogen) atoms. The van der Waals surface area contributed by atoms with Gasteiger partial charge in [-0.3, -0.25) is 9.59 Å². The Labute approximate surface area is 252 Å². The number of rotatable bonds is 7. The normalized spacial score (nSPS) is 17.7. The van der Waals surface area contributed by atoms with Gasteiger partial charge in [-0.05, 0) is 49.6 Å². The Bertz CT molecular complexity index is 1980. The van der Waals surface area contributed by atoms with Gasteiger partial charge in [-0.1, -0.05) is 19.3 Å². The Morgan fingerprint density at radius 3 is 2.61 bits per heavy atom. The number of aromatic nitrogens is 4. The Morgan fingerprint density at radius 1 is 1.14 bits per heavy atom. The minimum atomic E-state index is -4.46. The van der Waals surface area contributed by atoms with Crippen molar-refractivity contribution in [2.45, 2.75) is 62.0 Å². The minimum Gasteiger partial charge on any atom is -0.334 e. The first-order valence-corrected chi connectivity index (χ1v) is 15.7. The first-order chi connectivity index (χ1) is 21.1. The van der Waals surface area contributed by atoms with E-state index in [9.17, 15) is 26.8 Å². The molecule has 2 aromatic carbocycles. The summed E-state index contributed by atoms with van der Waals surface area (Å²) in [6.45, 7) is -0.00206. The first kappa shape index (κ1) is 29.6. The standard InChI is InChI=1S/C30H29F2N7O4S/c1-36-29(40)25-8-7-23(11-20(25)15-35-36)38(17-21-16-37(18-34-21)22-5-3-2-4-6-22)30(41)27-9-10-39(27)44(42,43)24-12-19(14-33)28(32)26(31)13-24/h7-8,11-13,15-16,18,22,27H,2-6,9-10,17H2,1H3/t27-/m1/s1. The number of nitrogens with zero attached hydrogens (tertiary/aromatic N) is 7. The van der Waals surface area contributed by atoms with E-state index >= 15 is 0 Å². The fraction of sp³-hybridized carbons (Fsp3) is 0.367. The summed E-state index contributed by atoms with van der Waals surface area (Å²) >= 11 is 0. The number of anilines is 1. The van der Waals surface area contributed by atoms with E-state index in [2.05, 4.69) is 14.6 Å². The molecule has 1 saturated heterocycles. The average Bonchev–Trinajstić information content (AvgIpc) is 3.47. The molecule has 1 aliphatic heterocycles. The number of halogens is 2. The van der Waals surface area contributed by atoms with Crippen molar-refractivity contribution in [1.29, 1.82) is 5.26 Å². The third-order valence-corrected chi connectivity index (χ3v) is 10.3. The summed E-state index contributed by atoms with van der Waals surface area (Å²) in [5, 5.41) is 14.1. The summed E-state index contributed by atoms with van der Waals surface area (Å²) < 4.78 is 59.3. The number of fused-ring (bicyclic) bond motifs is 1. The third-order valence-electron chi connectivity index (χ3n) is 8.46. The molecular weight excluding hydrogens is 592 g/mol. The second-order valence-electron chi connectivity index (χ2n) is 11.2. The Morgan fingerprint density at radius 2 is 1.91 bits per heavy atom. The Hall–Kier alpha value is -4.48. The number of carbonyl (C=O) groups excluding carboxylic acids is 1. The molecule has 0 radical (unpaired) electrons. The van der Waals surface area contributed by atoms with Gasteiger partial charge in [0, 0.05) is 36.9 Å². The van der Waals surface area contributed by atoms with Gasteiger partial charge in [0.1, 0.15) is 12.1 Å². The van der Waals surface area contributed by atoms with Crippen molar-refractivity contribution in [1.82, 2.24) is 23.6 Å². The van der Waals surface area contributed by atoms with Crippen molar-refractivity contribution in [3.63, 3.8) is 0 Å². The molecule has 2 aliphatic rings. The molecule has 1 aliphatic carbocycles. The number of amides is 1. The molecule has 0 N–H and O–H groups in total. The highest BCUT2D eigenvalue weighted by atomic mass is 32.2. The maximum Gasteiger partial charge on any atom is 0.274 e. The number of hydrogen-bond donors (Lipinski definition) is 0. The van der Waals surface area contributed by atoms with Crippen LogP contribution in [0.3, 0.4) is 0 Å². The topological polar surface area (TPSA) is 134 Å². The monoisotopic (exact) mass is 621 g/mol. The molecule has 1 atom stereocenters. The van der Waals surface area contributed by atoms with Crippen LogP contribution < -0.4 is 10.5 Å². The molecule has 3 heterocycles. The number of nitriles is 1. The number of carbonyl (C=O) groups is 1. The van der Waals surface area contributed by atoms with Crippen LogP contribution in [0.2, 0.25) is 0 Å². The number of sulfonamides is 1. The summed E-state index contributed by atoms with van der Waals surface area (Å²) in [7, 11) is -2.92. The maximum absolute atomic E-state index is 14.2. The largest absolute Gasteiger partial charge is 0.334 e. The molecular formula is C30H29F2N7O4S. The molecule has 4 aromatic rings. The van der Waals surface area contributed by atoms with Crippen molar-refractivity contribution in [2.24, 2.45) is 7.05 Å². The zero-order valence-electron chi connectivity index (χ0n) is 23.9. The quantitative estimate of drug-likeness (QED) is 0.307. The SMILES string of the molecule is Cn1ncc2cc(N(Cc3cn(C4CCCCC4)cn3)C(=O)[C@H]3CCN3S(=O)(=O)c3cc(F)c(F)c(C#N)c3)ccc2c1=O. The lowest BCUT2D eigenvalue weighted by atomic mass is 9.95. The molecule has 0 bridgehead atoms. The van der Waals surface area contributed by atoms with E-state index in [4.69, 9.17) is 5.26 Å². The van der Waals surface area contributed by atoms with Gasteiger partial charge < -0.3 is 9.47 Å². The fourth-order valence-electron chi connectivity index (χ4n) is 5.90. The van der Waals surface area contributed by atoms with Gasteiger partial charge in [0.15, 0.2) is 11.6 Å². The second kappa shape index (κ2) is 11.5. The fourth-order valence-corrected chi connectivity index (χ4v) is 7.57. The summed E-state index contributed by atoms with van der Waals surface area (Å²) in [4.78, 5) is 32.1. The molecule has 0 unspecified atom stereocenters. The van der Waals surface area contributed by atoms with Crippen LogP contribution in [0.1, 0.15) is 55.8 Å². The van der Waals surface area contributed by atoms with Crippen molar-refractivity contribution in [3.05, 3.63) is 82.3 Å². The van der Waals surface area contributed by atoms with Gasteiger partial charge in [-0.15, -0.1) is 0 Å².